The summed E-state index contributed by atoms with van der Waals surface area (Å²) >= 11 is 0. The van der Waals surface area contributed by atoms with E-state index in [0.29, 0.717) is 22.8 Å². The third kappa shape index (κ3) is 2.94. The van der Waals surface area contributed by atoms with Crippen LogP contribution in [0.3, 0.4) is 0 Å². The number of carbonyl (C=O) groups excluding carboxylic acids is 1. The average Bonchev–Trinajstić information content (AvgIpc) is 2.47. The van der Waals surface area contributed by atoms with E-state index in [0.717, 1.165) is 0 Å². The first kappa shape index (κ1) is 14.8. The van der Waals surface area contributed by atoms with Gasteiger partial charge in [0.2, 0.25) is 5.91 Å². The molecule has 0 spiro atoms. The van der Waals surface area contributed by atoms with Gasteiger partial charge in [-0.05, 0) is 26.0 Å². The Balaban J connectivity index is 2.44. The molecule has 2 aromatic rings. The molecule has 1 unspecified atom stereocenters. The van der Waals surface area contributed by atoms with E-state index in [2.05, 4.69) is 15.3 Å². The number of rotatable bonds is 5. The van der Waals surface area contributed by atoms with E-state index in [9.17, 15) is 4.79 Å². The first-order valence-corrected chi connectivity index (χ1v) is 6.47. The van der Waals surface area contributed by atoms with Crippen LogP contribution in [0.2, 0.25) is 0 Å². The fraction of sp³-hybridized carbons (Fsp3) is 0.267. The van der Waals surface area contributed by atoms with Gasteiger partial charge in [-0.1, -0.05) is 6.07 Å². The summed E-state index contributed by atoms with van der Waals surface area (Å²) in [5.74, 6) is 0.150. The third-order valence-electron chi connectivity index (χ3n) is 3.31. The van der Waals surface area contributed by atoms with Gasteiger partial charge in [-0.25, -0.2) is 0 Å². The summed E-state index contributed by atoms with van der Waals surface area (Å²) in [5, 5.41) is 3.13. The highest BCUT2D eigenvalue weighted by Crippen LogP contribution is 2.27. The van der Waals surface area contributed by atoms with Gasteiger partial charge in [-0.2, -0.15) is 0 Å². The van der Waals surface area contributed by atoms with Crippen LogP contribution in [-0.2, 0) is 10.3 Å². The number of primary amides is 1. The smallest absolute Gasteiger partial charge is 0.249 e. The summed E-state index contributed by atoms with van der Waals surface area (Å²) in [6, 6.07) is 7.26. The number of benzene rings is 1. The minimum atomic E-state index is -1.16. The summed E-state index contributed by atoms with van der Waals surface area (Å²) in [6.45, 7) is 3.47. The number of carbonyl (C=O) groups is 1. The van der Waals surface area contributed by atoms with Crippen LogP contribution in [-0.4, -0.2) is 23.0 Å². The van der Waals surface area contributed by atoms with Crippen LogP contribution in [0.1, 0.15) is 18.3 Å². The third-order valence-corrected chi connectivity index (χ3v) is 3.31. The first-order valence-electron chi connectivity index (χ1n) is 6.47. The number of hydrogen-bond acceptors (Lipinski definition) is 5. The first-order chi connectivity index (χ1) is 9.97. The summed E-state index contributed by atoms with van der Waals surface area (Å²) in [5.41, 5.74) is 6.28. The SMILES string of the molecule is COc1cccc(NC(C)(C(N)=O)c2nccnc2C)c1. The van der Waals surface area contributed by atoms with E-state index in [1.54, 1.807) is 33.2 Å². The van der Waals surface area contributed by atoms with Crippen LogP contribution in [0, 0.1) is 6.92 Å². The zero-order valence-corrected chi connectivity index (χ0v) is 12.3. The van der Waals surface area contributed by atoms with Crippen molar-refractivity contribution >= 4 is 11.6 Å². The Hall–Kier alpha value is -2.63. The Morgan fingerprint density at radius 1 is 1.33 bits per heavy atom. The Morgan fingerprint density at radius 3 is 2.67 bits per heavy atom. The quantitative estimate of drug-likeness (QED) is 0.871. The van der Waals surface area contributed by atoms with Crippen LogP contribution < -0.4 is 15.8 Å². The molecule has 6 nitrogen and oxygen atoms in total. The van der Waals surface area contributed by atoms with Gasteiger partial charge in [0, 0.05) is 24.1 Å². The highest BCUT2D eigenvalue weighted by atomic mass is 16.5. The van der Waals surface area contributed by atoms with Gasteiger partial charge < -0.3 is 15.8 Å². The molecule has 0 aliphatic carbocycles. The number of aromatic nitrogens is 2. The Labute approximate surface area is 123 Å². The highest BCUT2D eigenvalue weighted by molar-refractivity contribution is 5.88. The zero-order valence-electron chi connectivity index (χ0n) is 12.3. The number of nitrogens with one attached hydrogen (secondary N) is 1. The molecule has 1 atom stereocenters. The van der Waals surface area contributed by atoms with Crippen molar-refractivity contribution in [3.63, 3.8) is 0 Å². The molecule has 1 aromatic heterocycles. The summed E-state index contributed by atoms with van der Waals surface area (Å²) < 4.78 is 5.18. The Kier molecular flexibility index (Phi) is 4.07. The van der Waals surface area contributed by atoms with Gasteiger partial charge in [-0.15, -0.1) is 0 Å². The van der Waals surface area contributed by atoms with E-state index >= 15 is 0 Å². The van der Waals surface area contributed by atoms with Crippen molar-refractivity contribution in [2.75, 3.05) is 12.4 Å². The van der Waals surface area contributed by atoms with E-state index in [1.165, 1.54) is 6.20 Å². The number of amides is 1. The number of hydrogen-bond donors (Lipinski definition) is 2. The fourth-order valence-electron chi connectivity index (χ4n) is 2.13. The molecular weight excluding hydrogens is 268 g/mol. The minimum Gasteiger partial charge on any atom is -0.497 e. The molecule has 0 fully saturated rings. The molecule has 21 heavy (non-hydrogen) atoms. The molecule has 1 aromatic carbocycles. The Bertz CT molecular complexity index is 660. The summed E-state index contributed by atoms with van der Waals surface area (Å²) in [4.78, 5) is 20.4. The maximum absolute atomic E-state index is 12.0. The maximum atomic E-state index is 12.0. The molecule has 0 aliphatic heterocycles. The average molecular weight is 286 g/mol. The largest absolute Gasteiger partial charge is 0.497 e. The number of aryl methyl sites for hydroxylation is 1. The molecule has 0 radical (unpaired) electrons. The second-order valence-electron chi connectivity index (χ2n) is 4.84. The van der Waals surface area contributed by atoms with Crippen LogP contribution in [0.25, 0.3) is 0 Å². The molecule has 110 valence electrons. The van der Waals surface area contributed by atoms with Crippen molar-refractivity contribution in [2.24, 2.45) is 5.73 Å². The minimum absolute atomic E-state index is 0.500. The van der Waals surface area contributed by atoms with Gasteiger partial charge in [0.1, 0.15) is 5.75 Å². The molecule has 6 heteroatoms. The van der Waals surface area contributed by atoms with E-state index in [1.807, 2.05) is 18.2 Å². The topological polar surface area (TPSA) is 90.1 Å². The van der Waals surface area contributed by atoms with Gasteiger partial charge in [0.05, 0.1) is 18.5 Å². The van der Waals surface area contributed by atoms with Crippen LogP contribution in [0.15, 0.2) is 36.7 Å². The number of ether oxygens (including phenoxy) is 1. The molecule has 1 amide bonds. The molecule has 0 aliphatic rings. The Morgan fingerprint density at radius 2 is 2.05 bits per heavy atom. The van der Waals surface area contributed by atoms with Crippen molar-refractivity contribution in [2.45, 2.75) is 19.4 Å². The van der Waals surface area contributed by atoms with E-state index in [-0.39, 0.29) is 0 Å². The van der Waals surface area contributed by atoms with Crippen LogP contribution in [0.5, 0.6) is 5.75 Å². The predicted molar refractivity (Wildman–Crippen MR) is 79.9 cm³/mol. The molecule has 0 saturated heterocycles. The van der Waals surface area contributed by atoms with Gasteiger partial charge in [-0.3, -0.25) is 14.8 Å². The lowest BCUT2D eigenvalue weighted by Gasteiger charge is -2.29. The molecule has 3 N–H and O–H groups in total. The maximum Gasteiger partial charge on any atom is 0.249 e. The van der Waals surface area contributed by atoms with E-state index < -0.39 is 11.4 Å². The van der Waals surface area contributed by atoms with Crippen molar-refractivity contribution in [1.29, 1.82) is 0 Å². The normalized spacial score (nSPS) is 13.3. The van der Waals surface area contributed by atoms with Gasteiger partial charge in [0.15, 0.2) is 5.54 Å². The number of nitrogens with zero attached hydrogens (tertiary/aromatic N) is 2. The van der Waals surface area contributed by atoms with E-state index in [4.69, 9.17) is 10.5 Å². The molecular formula is C15H18N4O2. The number of nitrogens with two attached hydrogens (primary N) is 1. The van der Waals surface area contributed by atoms with Crippen molar-refractivity contribution in [3.05, 3.63) is 48.0 Å². The standard InChI is InChI=1S/C15H18N4O2/c1-10-13(18-8-7-17-10)15(2,14(16)20)19-11-5-4-6-12(9-11)21-3/h4-9,19H,1-3H3,(H2,16,20). The fourth-order valence-corrected chi connectivity index (χ4v) is 2.13. The molecule has 2 rings (SSSR count). The summed E-state index contributed by atoms with van der Waals surface area (Å²) in [6.07, 6.45) is 3.11. The summed E-state index contributed by atoms with van der Waals surface area (Å²) in [7, 11) is 1.58. The lowest BCUT2D eigenvalue weighted by molar-refractivity contribution is -0.122. The molecule has 0 saturated carbocycles. The van der Waals surface area contributed by atoms with Crippen molar-refractivity contribution in [3.8, 4) is 5.75 Å². The van der Waals surface area contributed by atoms with Crippen LogP contribution >= 0.6 is 0 Å². The zero-order chi connectivity index (χ0) is 15.5. The second-order valence-corrected chi connectivity index (χ2v) is 4.84. The lowest BCUT2D eigenvalue weighted by Crippen LogP contribution is -2.46. The highest BCUT2D eigenvalue weighted by Gasteiger charge is 2.36. The predicted octanol–water partition coefficient (Wildman–Crippen LogP) is 1.61. The second kappa shape index (κ2) is 5.78. The molecule has 0 bridgehead atoms. The van der Waals surface area contributed by atoms with Crippen molar-refractivity contribution in [1.82, 2.24) is 9.97 Å². The monoisotopic (exact) mass is 286 g/mol. The van der Waals surface area contributed by atoms with Crippen molar-refractivity contribution < 1.29 is 9.53 Å². The van der Waals surface area contributed by atoms with Crippen LogP contribution in [0.4, 0.5) is 5.69 Å². The van der Waals surface area contributed by atoms with Gasteiger partial charge >= 0.3 is 0 Å². The van der Waals surface area contributed by atoms with Gasteiger partial charge in [0.25, 0.3) is 0 Å². The number of anilines is 1. The lowest BCUT2D eigenvalue weighted by atomic mass is 9.94. The molecule has 1 heterocycles. The number of methoxy groups -OCH3 is 1.